The summed E-state index contributed by atoms with van der Waals surface area (Å²) < 4.78 is 41.5. The summed E-state index contributed by atoms with van der Waals surface area (Å²) in [5.41, 5.74) is 2.17. The van der Waals surface area contributed by atoms with Crippen molar-refractivity contribution in [1.82, 2.24) is 9.21 Å². The molecule has 1 saturated carbocycles. The predicted molar refractivity (Wildman–Crippen MR) is 129 cm³/mol. The molecule has 1 amide bonds. The fraction of sp³-hybridized carbons (Fsp3) is 0.480. The molecule has 0 bridgehead atoms. The van der Waals surface area contributed by atoms with Crippen LogP contribution in [0.5, 0.6) is 5.75 Å². The molecular formula is C25H31N3O5S. The molecule has 9 heteroatoms. The lowest BCUT2D eigenvalue weighted by atomic mass is 10.0. The zero-order chi connectivity index (χ0) is 23.9. The van der Waals surface area contributed by atoms with Crippen LogP contribution in [0.25, 0.3) is 0 Å². The zero-order valence-electron chi connectivity index (χ0n) is 19.5. The number of aryl methyl sites for hydroxylation is 1. The highest BCUT2D eigenvalue weighted by atomic mass is 32.2. The van der Waals surface area contributed by atoms with Crippen LogP contribution in [0.4, 0.5) is 5.69 Å². The van der Waals surface area contributed by atoms with E-state index in [9.17, 15) is 13.2 Å². The maximum absolute atomic E-state index is 13.2. The number of fused-ring (bicyclic) bond motifs is 1. The minimum Gasteiger partial charge on any atom is -0.486 e. The van der Waals surface area contributed by atoms with Crippen LogP contribution in [0.15, 0.2) is 48.5 Å². The monoisotopic (exact) mass is 485 g/mol. The molecular weight excluding hydrogens is 454 g/mol. The second kappa shape index (κ2) is 9.20. The first-order valence-corrected chi connectivity index (χ1v) is 13.3. The number of amides is 1. The maximum Gasteiger partial charge on any atom is 0.301 e. The highest BCUT2D eigenvalue weighted by Crippen LogP contribution is 2.45. The van der Waals surface area contributed by atoms with Crippen molar-refractivity contribution in [2.75, 3.05) is 38.0 Å². The fourth-order valence-corrected chi connectivity index (χ4v) is 6.36. The van der Waals surface area contributed by atoms with Gasteiger partial charge in [-0.05, 0) is 48.4 Å². The van der Waals surface area contributed by atoms with Crippen molar-refractivity contribution in [1.29, 1.82) is 0 Å². The Balaban J connectivity index is 1.26. The summed E-state index contributed by atoms with van der Waals surface area (Å²) in [5.74, 6) is 1.54. The van der Waals surface area contributed by atoms with E-state index in [1.54, 1.807) is 36.3 Å². The quantitative estimate of drug-likeness (QED) is 0.621. The van der Waals surface area contributed by atoms with E-state index in [2.05, 4.69) is 4.72 Å². The first-order chi connectivity index (χ1) is 16.4. The van der Waals surface area contributed by atoms with Gasteiger partial charge in [-0.25, -0.2) is 0 Å². The lowest BCUT2D eigenvalue weighted by Gasteiger charge is -2.21. The molecule has 2 aromatic rings. The van der Waals surface area contributed by atoms with Crippen LogP contribution >= 0.6 is 0 Å². The number of rotatable bonds is 8. The van der Waals surface area contributed by atoms with Crippen LogP contribution in [0.1, 0.15) is 29.3 Å². The number of benzene rings is 2. The van der Waals surface area contributed by atoms with Crippen LogP contribution < -0.4 is 9.46 Å². The van der Waals surface area contributed by atoms with Crippen LogP contribution in [-0.2, 0) is 21.4 Å². The molecule has 2 unspecified atom stereocenters. The Kier molecular flexibility index (Phi) is 6.26. The molecule has 182 valence electrons. The van der Waals surface area contributed by atoms with E-state index in [1.807, 2.05) is 31.2 Å². The van der Waals surface area contributed by atoms with Crippen LogP contribution in [0.2, 0.25) is 0 Å². The standard InChI is InChI=1S/C25H31N3O5S/c1-3-17-7-4-5-10-22(17)25(29)27-15-23(32-2)24(16-27)33-21-9-6-8-20(12-21)26-34(30,31)28-13-18-11-19(18)14-28/h4-10,12,18-19,23-24,26H,3,11,13-16H2,1-2H3/t18?,19?,23-,24-/m1/s1. The molecule has 8 nitrogen and oxygen atoms in total. The van der Waals surface area contributed by atoms with Gasteiger partial charge < -0.3 is 14.4 Å². The molecule has 2 heterocycles. The molecule has 5 rings (SSSR count). The summed E-state index contributed by atoms with van der Waals surface area (Å²) in [7, 11) is -1.97. The van der Waals surface area contributed by atoms with Gasteiger partial charge in [-0.3, -0.25) is 9.52 Å². The number of carbonyl (C=O) groups excluding carboxylic acids is 1. The highest BCUT2D eigenvalue weighted by Gasteiger charge is 2.48. The molecule has 4 atom stereocenters. The molecule has 0 radical (unpaired) electrons. The van der Waals surface area contributed by atoms with Gasteiger partial charge in [-0.2, -0.15) is 12.7 Å². The van der Waals surface area contributed by atoms with Gasteiger partial charge in [0.05, 0.1) is 18.8 Å². The van der Waals surface area contributed by atoms with Crippen molar-refractivity contribution in [2.24, 2.45) is 11.8 Å². The first-order valence-electron chi connectivity index (χ1n) is 11.8. The summed E-state index contributed by atoms with van der Waals surface area (Å²) >= 11 is 0. The Hall–Kier alpha value is -2.62. The molecule has 2 saturated heterocycles. The van der Waals surface area contributed by atoms with Gasteiger partial charge in [-0.1, -0.05) is 31.2 Å². The Bertz CT molecular complexity index is 1160. The average Bonchev–Trinajstić information content (AvgIpc) is 3.24. The number of anilines is 1. The van der Waals surface area contributed by atoms with Gasteiger partial charge in [0.25, 0.3) is 5.91 Å². The Morgan fingerprint density at radius 1 is 1.03 bits per heavy atom. The maximum atomic E-state index is 13.2. The smallest absolute Gasteiger partial charge is 0.301 e. The van der Waals surface area contributed by atoms with E-state index >= 15 is 0 Å². The SMILES string of the molecule is CCc1ccccc1C(=O)N1C[C@@H](OC)[C@H](Oc2cccc(NS(=O)(=O)N3CC4CC4C3)c2)C1. The van der Waals surface area contributed by atoms with Gasteiger partial charge in [0.2, 0.25) is 0 Å². The third-order valence-corrected chi connectivity index (χ3v) is 8.56. The van der Waals surface area contributed by atoms with E-state index in [-0.39, 0.29) is 18.1 Å². The van der Waals surface area contributed by atoms with E-state index in [0.29, 0.717) is 55.0 Å². The van der Waals surface area contributed by atoms with Crippen molar-refractivity contribution in [3.63, 3.8) is 0 Å². The van der Waals surface area contributed by atoms with Crippen LogP contribution in [-0.4, -0.2) is 69.0 Å². The molecule has 3 aliphatic rings. The molecule has 2 aromatic carbocycles. The number of hydrogen-bond acceptors (Lipinski definition) is 5. The van der Waals surface area contributed by atoms with Gasteiger partial charge >= 0.3 is 10.2 Å². The van der Waals surface area contributed by atoms with Crippen molar-refractivity contribution in [3.8, 4) is 5.75 Å². The van der Waals surface area contributed by atoms with Crippen LogP contribution in [0, 0.1) is 11.8 Å². The number of nitrogens with one attached hydrogen (secondary N) is 1. The largest absolute Gasteiger partial charge is 0.486 e. The summed E-state index contributed by atoms with van der Waals surface area (Å²) in [6.07, 6.45) is 1.28. The Morgan fingerprint density at radius 3 is 2.50 bits per heavy atom. The summed E-state index contributed by atoms with van der Waals surface area (Å²) in [6.45, 7) is 4.05. The van der Waals surface area contributed by atoms with Crippen molar-refractivity contribution < 1.29 is 22.7 Å². The van der Waals surface area contributed by atoms with Crippen molar-refractivity contribution in [2.45, 2.75) is 32.0 Å². The third kappa shape index (κ3) is 4.64. The first kappa shape index (κ1) is 23.1. The van der Waals surface area contributed by atoms with Gasteiger partial charge in [0.1, 0.15) is 18.0 Å². The summed E-state index contributed by atoms with van der Waals surface area (Å²) in [6, 6.07) is 14.6. The van der Waals surface area contributed by atoms with Gasteiger partial charge in [-0.15, -0.1) is 0 Å². The lowest BCUT2D eigenvalue weighted by molar-refractivity contribution is 0.0340. The molecule has 34 heavy (non-hydrogen) atoms. The van der Waals surface area contributed by atoms with Gasteiger partial charge in [0, 0.05) is 31.8 Å². The molecule has 1 aliphatic carbocycles. The Morgan fingerprint density at radius 2 is 1.76 bits per heavy atom. The molecule has 0 spiro atoms. The van der Waals surface area contributed by atoms with E-state index in [0.717, 1.165) is 18.4 Å². The topological polar surface area (TPSA) is 88.2 Å². The predicted octanol–water partition coefficient (Wildman–Crippen LogP) is 2.78. The van der Waals surface area contributed by atoms with Gasteiger partial charge in [0.15, 0.2) is 0 Å². The fourth-order valence-electron chi connectivity index (χ4n) is 5.03. The third-order valence-electron chi connectivity index (χ3n) is 7.09. The molecule has 1 N–H and O–H groups in total. The zero-order valence-corrected chi connectivity index (χ0v) is 20.3. The minimum absolute atomic E-state index is 0.0317. The molecule has 3 fully saturated rings. The average molecular weight is 486 g/mol. The second-order valence-electron chi connectivity index (χ2n) is 9.36. The van der Waals surface area contributed by atoms with E-state index < -0.39 is 10.2 Å². The number of methoxy groups -OCH3 is 1. The van der Waals surface area contributed by atoms with Crippen molar-refractivity contribution >= 4 is 21.8 Å². The van der Waals surface area contributed by atoms with Crippen LogP contribution in [0.3, 0.4) is 0 Å². The number of hydrogen-bond donors (Lipinski definition) is 1. The molecule has 2 aliphatic heterocycles. The second-order valence-corrected chi connectivity index (χ2v) is 11.0. The minimum atomic E-state index is -3.58. The number of nitrogens with zero attached hydrogens (tertiary/aromatic N) is 2. The number of likely N-dealkylation sites (tertiary alicyclic amines) is 1. The number of carbonyl (C=O) groups is 1. The van der Waals surface area contributed by atoms with E-state index in [1.165, 1.54) is 4.31 Å². The normalized spacial score (nSPS) is 26.4. The number of piperidine rings is 1. The van der Waals surface area contributed by atoms with E-state index in [4.69, 9.17) is 9.47 Å². The highest BCUT2D eigenvalue weighted by molar-refractivity contribution is 7.90. The van der Waals surface area contributed by atoms with Crippen molar-refractivity contribution in [3.05, 3.63) is 59.7 Å². The lowest BCUT2D eigenvalue weighted by Crippen LogP contribution is -2.35. The summed E-state index contributed by atoms with van der Waals surface area (Å²) in [4.78, 5) is 14.9. The number of ether oxygens (including phenoxy) is 2. The Labute approximate surface area is 201 Å². The summed E-state index contributed by atoms with van der Waals surface area (Å²) in [5, 5.41) is 0. The molecule has 0 aromatic heterocycles.